The van der Waals surface area contributed by atoms with E-state index in [4.69, 9.17) is 25.4 Å². The fraction of sp³-hybridized carbons (Fsp3) is 0.576. The van der Waals surface area contributed by atoms with Gasteiger partial charge in [0.2, 0.25) is 0 Å². The molecule has 1 amide bonds. The Morgan fingerprint density at radius 1 is 0.952 bits per heavy atom. The Labute approximate surface area is 249 Å². The summed E-state index contributed by atoms with van der Waals surface area (Å²) >= 11 is 0. The highest BCUT2D eigenvalue weighted by Crippen LogP contribution is 2.34. The van der Waals surface area contributed by atoms with Crippen molar-refractivity contribution < 1.29 is 19.0 Å². The second-order valence-electron chi connectivity index (χ2n) is 12.3. The number of nitrogen functional groups attached to an aromatic ring is 1. The fourth-order valence-electron chi connectivity index (χ4n) is 6.95. The monoisotopic (exact) mass is 575 g/mol. The molecule has 4 fully saturated rings. The van der Waals surface area contributed by atoms with E-state index in [9.17, 15) is 4.79 Å². The van der Waals surface area contributed by atoms with Crippen molar-refractivity contribution in [2.45, 2.75) is 62.6 Å². The summed E-state index contributed by atoms with van der Waals surface area (Å²) in [4.78, 5) is 18.4. The molecule has 226 valence electrons. The Morgan fingerprint density at radius 2 is 1.64 bits per heavy atom. The van der Waals surface area contributed by atoms with Gasteiger partial charge in [-0.1, -0.05) is 19.3 Å². The highest BCUT2D eigenvalue weighted by Gasteiger charge is 2.39. The van der Waals surface area contributed by atoms with Crippen molar-refractivity contribution in [3.8, 4) is 5.75 Å². The molecule has 2 aromatic rings. The lowest BCUT2D eigenvalue weighted by molar-refractivity contribution is -0.0778. The predicted octanol–water partition coefficient (Wildman–Crippen LogP) is 3.69. The predicted molar refractivity (Wildman–Crippen MR) is 164 cm³/mol. The lowest BCUT2D eigenvalue weighted by atomic mass is 9.79. The van der Waals surface area contributed by atoms with Crippen molar-refractivity contribution in [1.82, 2.24) is 15.1 Å². The molecule has 9 nitrogen and oxygen atoms in total. The number of piperidine rings is 1. The van der Waals surface area contributed by atoms with Crippen LogP contribution in [0.2, 0.25) is 0 Å². The fourth-order valence-corrected chi connectivity index (χ4v) is 6.95. The van der Waals surface area contributed by atoms with Crippen molar-refractivity contribution in [1.29, 1.82) is 5.41 Å². The third-order valence-electron chi connectivity index (χ3n) is 9.69. The standard InChI is InChI=1S/C33H45N5O4/c34-30-9-6-25(32(39)36-23-33(12-2-1-3-13-33)38-16-18-40-19-17-38)20-29(30)31(35)24-4-7-27(8-5-24)42-28-10-14-37(15-11-28)26-21-41-22-26/h4-9,20,26,28,35H,1-3,10-19,21-23,34H2,(H,36,39). The zero-order chi connectivity index (χ0) is 28.9. The largest absolute Gasteiger partial charge is 0.490 e. The van der Waals surface area contributed by atoms with Crippen molar-refractivity contribution in [2.24, 2.45) is 0 Å². The number of carbonyl (C=O) groups excluding carboxylic acids is 1. The molecule has 0 radical (unpaired) electrons. The van der Waals surface area contributed by atoms with Crippen molar-refractivity contribution in [3.05, 3.63) is 59.2 Å². The molecule has 42 heavy (non-hydrogen) atoms. The molecule has 1 aliphatic carbocycles. The first kappa shape index (κ1) is 29.1. The first-order valence-corrected chi connectivity index (χ1v) is 15.7. The van der Waals surface area contributed by atoms with Crippen LogP contribution < -0.4 is 15.8 Å². The van der Waals surface area contributed by atoms with Crippen LogP contribution in [0.5, 0.6) is 5.75 Å². The average Bonchev–Trinajstić information content (AvgIpc) is 3.01. The number of hydrogen-bond donors (Lipinski definition) is 3. The number of carbonyl (C=O) groups is 1. The number of ether oxygens (including phenoxy) is 3. The molecule has 3 aliphatic heterocycles. The lowest BCUT2D eigenvalue weighted by Gasteiger charge is -2.48. The number of amides is 1. The Balaban J connectivity index is 1.07. The SMILES string of the molecule is N=C(c1ccc(OC2CCN(C3COC3)CC2)cc1)c1cc(C(=O)NCC2(N3CCOCC3)CCCCC2)ccc1N. The third-order valence-corrected chi connectivity index (χ3v) is 9.69. The maximum absolute atomic E-state index is 13.4. The molecule has 9 heteroatoms. The summed E-state index contributed by atoms with van der Waals surface area (Å²) in [6, 6.07) is 13.5. The Hall–Kier alpha value is -2.98. The number of rotatable bonds is 9. The number of morpholine rings is 1. The molecule has 0 bridgehead atoms. The van der Waals surface area contributed by atoms with Gasteiger partial charge in [-0.3, -0.25) is 20.0 Å². The Kier molecular flexibility index (Phi) is 9.09. The summed E-state index contributed by atoms with van der Waals surface area (Å²) in [5.41, 5.74) is 8.90. The molecule has 0 spiro atoms. The topological polar surface area (TPSA) is 113 Å². The van der Waals surface area contributed by atoms with Crippen LogP contribution in [0.15, 0.2) is 42.5 Å². The van der Waals surface area contributed by atoms with Crippen LogP contribution in [0.4, 0.5) is 5.69 Å². The van der Waals surface area contributed by atoms with E-state index in [1.807, 2.05) is 24.3 Å². The van der Waals surface area contributed by atoms with E-state index in [2.05, 4.69) is 15.1 Å². The van der Waals surface area contributed by atoms with Gasteiger partial charge in [0.25, 0.3) is 5.91 Å². The number of nitrogens with zero attached hydrogens (tertiary/aromatic N) is 2. The molecule has 0 unspecified atom stereocenters. The van der Waals surface area contributed by atoms with E-state index < -0.39 is 0 Å². The van der Waals surface area contributed by atoms with Crippen LogP contribution >= 0.6 is 0 Å². The Bertz CT molecular complexity index is 1230. The molecule has 0 aromatic heterocycles. The van der Waals surface area contributed by atoms with Gasteiger partial charge in [-0.25, -0.2) is 0 Å². The molecular weight excluding hydrogens is 530 g/mol. The second-order valence-corrected chi connectivity index (χ2v) is 12.3. The molecule has 3 saturated heterocycles. The maximum Gasteiger partial charge on any atom is 0.251 e. The molecule has 6 rings (SSSR count). The van der Waals surface area contributed by atoms with Crippen LogP contribution in [0, 0.1) is 5.41 Å². The van der Waals surface area contributed by atoms with Gasteiger partial charge < -0.3 is 25.3 Å². The second kappa shape index (κ2) is 13.1. The van der Waals surface area contributed by atoms with Gasteiger partial charge in [0.1, 0.15) is 11.9 Å². The minimum absolute atomic E-state index is 0.00654. The first-order valence-electron chi connectivity index (χ1n) is 15.7. The van der Waals surface area contributed by atoms with Crippen molar-refractivity contribution in [2.75, 3.05) is 64.9 Å². The molecule has 3 heterocycles. The third kappa shape index (κ3) is 6.49. The van der Waals surface area contributed by atoms with E-state index in [0.29, 0.717) is 35.1 Å². The molecule has 2 aromatic carbocycles. The zero-order valence-corrected chi connectivity index (χ0v) is 24.6. The Morgan fingerprint density at radius 3 is 2.31 bits per heavy atom. The van der Waals surface area contributed by atoms with Crippen molar-refractivity contribution >= 4 is 17.3 Å². The van der Waals surface area contributed by atoms with Gasteiger partial charge in [0.05, 0.1) is 38.2 Å². The maximum atomic E-state index is 13.4. The van der Waals surface area contributed by atoms with E-state index in [1.165, 1.54) is 19.3 Å². The number of nitrogens with one attached hydrogen (secondary N) is 2. The number of hydrogen-bond acceptors (Lipinski definition) is 8. The summed E-state index contributed by atoms with van der Waals surface area (Å²) in [6.07, 6.45) is 8.05. The molecular formula is C33H45N5O4. The molecule has 4 aliphatic rings. The highest BCUT2D eigenvalue weighted by molar-refractivity contribution is 6.14. The average molecular weight is 576 g/mol. The van der Waals surface area contributed by atoms with Crippen LogP contribution in [0.1, 0.15) is 66.4 Å². The van der Waals surface area contributed by atoms with Gasteiger partial charge in [-0.05, 0) is 68.1 Å². The van der Waals surface area contributed by atoms with Gasteiger partial charge in [0, 0.05) is 60.6 Å². The summed E-state index contributed by atoms with van der Waals surface area (Å²) < 4.78 is 17.2. The van der Waals surface area contributed by atoms with Crippen LogP contribution in [0.3, 0.4) is 0 Å². The van der Waals surface area contributed by atoms with Crippen LogP contribution in [-0.2, 0) is 9.47 Å². The summed E-state index contributed by atoms with van der Waals surface area (Å²) in [7, 11) is 0. The molecule has 0 atom stereocenters. The molecule has 1 saturated carbocycles. The van der Waals surface area contributed by atoms with Crippen molar-refractivity contribution in [3.63, 3.8) is 0 Å². The normalized spacial score (nSPS) is 22.3. The van der Waals surface area contributed by atoms with E-state index in [0.717, 1.165) is 89.6 Å². The van der Waals surface area contributed by atoms with Crippen LogP contribution in [-0.4, -0.2) is 98.3 Å². The first-order chi connectivity index (χ1) is 20.5. The number of nitrogens with two attached hydrogens (primary N) is 1. The summed E-state index contributed by atoms with van der Waals surface area (Å²) in [6.45, 7) is 7.75. The van der Waals surface area contributed by atoms with E-state index in [1.54, 1.807) is 18.2 Å². The van der Waals surface area contributed by atoms with Gasteiger partial charge in [-0.2, -0.15) is 0 Å². The minimum atomic E-state index is -0.123. The smallest absolute Gasteiger partial charge is 0.251 e. The minimum Gasteiger partial charge on any atom is -0.490 e. The summed E-state index contributed by atoms with van der Waals surface area (Å²) in [5.74, 6) is 0.692. The molecule has 4 N–H and O–H groups in total. The summed E-state index contributed by atoms with van der Waals surface area (Å²) in [5, 5.41) is 12.1. The van der Waals surface area contributed by atoms with Gasteiger partial charge in [0.15, 0.2) is 0 Å². The zero-order valence-electron chi connectivity index (χ0n) is 24.6. The van der Waals surface area contributed by atoms with E-state index in [-0.39, 0.29) is 17.6 Å². The number of anilines is 1. The quantitative estimate of drug-likeness (QED) is 0.309. The van der Waals surface area contributed by atoms with E-state index >= 15 is 0 Å². The van der Waals surface area contributed by atoms with Gasteiger partial charge in [-0.15, -0.1) is 0 Å². The van der Waals surface area contributed by atoms with Gasteiger partial charge >= 0.3 is 0 Å². The number of benzene rings is 2. The lowest BCUT2D eigenvalue weighted by Crippen LogP contribution is -2.59. The van der Waals surface area contributed by atoms with Crippen LogP contribution in [0.25, 0.3) is 0 Å². The number of likely N-dealkylation sites (tertiary alicyclic amines) is 1. The highest BCUT2D eigenvalue weighted by atomic mass is 16.5.